The molecule has 7 rings (SSSR count). The molecular weight excluding hydrogens is 613 g/mol. The lowest BCUT2D eigenvalue weighted by molar-refractivity contribution is 0.279. The number of allylic oxidation sites excluding steroid dienone is 6. The molecule has 4 aromatic carbocycles. The average molecular weight is 661 g/mol. The van der Waals surface area contributed by atoms with E-state index in [0.717, 1.165) is 42.2 Å². The van der Waals surface area contributed by atoms with Gasteiger partial charge in [-0.2, -0.15) is 0 Å². The summed E-state index contributed by atoms with van der Waals surface area (Å²) < 4.78 is 11.9. The summed E-state index contributed by atoms with van der Waals surface area (Å²) in [5.41, 5.74) is 13.3. The summed E-state index contributed by atoms with van der Waals surface area (Å²) in [6.45, 7) is 14.3. The van der Waals surface area contributed by atoms with Gasteiger partial charge in [0, 0.05) is 11.1 Å². The summed E-state index contributed by atoms with van der Waals surface area (Å²) in [5.74, 6) is 1.81. The molecule has 4 nitrogen and oxygen atoms in total. The van der Waals surface area contributed by atoms with E-state index in [4.69, 9.17) is 19.5 Å². The van der Waals surface area contributed by atoms with Crippen LogP contribution in [0.25, 0.3) is 27.8 Å². The minimum Gasteiger partial charge on any atom is -0.475 e. The van der Waals surface area contributed by atoms with Crippen LogP contribution in [0.2, 0.25) is 0 Å². The number of benzene rings is 4. The number of ether oxygens (including phenoxy) is 2. The first-order valence-electron chi connectivity index (χ1n) is 18.0. The molecule has 1 atom stereocenters. The van der Waals surface area contributed by atoms with Gasteiger partial charge in [0.15, 0.2) is 0 Å². The SMILES string of the molecule is CC/C1=C(\c2ccc(C3=NC(C)(C)CO3)cc2)C(C)C/C=C(c2ccc(C3=NC(C)(C)CO3)cc2)/C=C(/c2ccc(-c3ccccc3)cc2)C1. The predicted molar refractivity (Wildman–Crippen MR) is 209 cm³/mol. The Morgan fingerprint density at radius 1 is 0.600 bits per heavy atom. The zero-order valence-corrected chi connectivity index (χ0v) is 30.3. The molecule has 0 aromatic heterocycles. The van der Waals surface area contributed by atoms with E-state index in [0.29, 0.717) is 19.1 Å². The van der Waals surface area contributed by atoms with Gasteiger partial charge in [-0.15, -0.1) is 0 Å². The monoisotopic (exact) mass is 660 g/mol. The Morgan fingerprint density at radius 3 is 1.60 bits per heavy atom. The number of aliphatic imine (C=N–C) groups is 2. The summed E-state index contributed by atoms with van der Waals surface area (Å²) >= 11 is 0. The first-order chi connectivity index (χ1) is 24.1. The highest BCUT2D eigenvalue weighted by Crippen LogP contribution is 2.40. The topological polar surface area (TPSA) is 43.2 Å². The van der Waals surface area contributed by atoms with Crippen LogP contribution in [0.4, 0.5) is 0 Å². The molecule has 1 aliphatic carbocycles. The van der Waals surface area contributed by atoms with Crippen molar-refractivity contribution >= 4 is 28.5 Å². The molecular formula is C46H48N2O2. The molecule has 4 aromatic rings. The van der Waals surface area contributed by atoms with Gasteiger partial charge in [-0.05, 0) is 122 Å². The fourth-order valence-electron chi connectivity index (χ4n) is 7.15. The Bertz CT molecular complexity index is 2010. The van der Waals surface area contributed by atoms with Crippen molar-refractivity contribution in [1.29, 1.82) is 0 Å². The summed E-state index contributed by atoms with van der Waals surface area (Å²) in [6.07, 6.45) is 7.64. The predicted octanol–water partition coefficient (Wildman–Crippen LogP) is 11.2. The molecule has 2 aliphatic heterocycles. The van der Waals surface area contributed by atoms with Crippen LogP contribution < -0.4 is 0 Å². The second kappa shape index (κ2) is 13.7. The van der Waals surface area contributed by atoms with Crippen molar-refractivity contribution in [3.05, 3.63) is 149 Å². The van der Waals surface area contributed by atoms with Crippen molar-refractivity contribution in [2.24, 2.45) is 15.9 Å². The van der Waals surface area contributed by atoms with E-state index >= 15 is 0 Å². The third kappa shape index (κ3) is 7.31. The highest BCUT2D eigenvalue weighted by Gasteiger charge is 2.28. The fourth-order valence-corrected chi connectivity index (χ4v) is 7.15. The highest BCUT2D eigenvalue weighted by atomic mass is 16.5. The van der Waals surface area contributed by atoms with E-state index < -0.39 is 0 Å². The maximum Gasteiger partial charge on any atom is 0.216 e. The van der Waals surface area contributed by atoms with E-state index in [1.165, 1.54) is 50.1 Å². The summed E-state index contributed by atoms with van der Waals surface area (Å²) in [4.78, 5) is 9.61. The molecule has 0 bridgehead atoms. The van der Waals surface area contributed by atoms with Crippen LogP contribution in [0, 0.1) is 5.92 Å². The Morgan fingerprint density at radius 2 is 1.08 bits per heavy atom. The standard InChI is InChI=1S/C46H48N2O2/c1-7-32-27-41(36-17-15-34(16-18-36)33-11-9-8-10-12-33)28-40(35-19-23-38(24-20-35)43-47-45(3,4)29-49-43)14-13-31(2)42(32)37-21-25-39(26-22-37)44-48-46(5,6)30-50-44/h8-12,14-26,28,31H,7,13,27,29-30H2,1-6H3/b40-14-,41-28+,42-32+. The van der Waals surface area contributed by atoms with Crippen molar-refractivity contribution in [2.45, 2.75) is 71.9 Å². The zero-order valence-electron chi connectivity index (χ0n) is 30.3. The molecule has 3 aliphatic rings. The quantitative estimate of drug-likeness (QED) is 0.198. The molecule has 0 N–H and O–H groups in total. The minimum absolute atomic E-state index is 0.181. The van der Waals surface area contributed by atoms with Gasteiger partial charge in [0.25, 0.3) is 0 Å². The Hall–Kier alpha value is -4.96. The summed E-state index contributed by atoms with van der Waals surface area (Å²) in [5, 5.41) is 0. The van der Waals surface area contributed by atoms with Gasteiger partial charge < -0.3 is 9.47 Å². The minimum atomic E-state index is -0.185. The summed E-state index contributed by atoms with van der Waals surface area (Å²) in [7, 11) is 0. The van der Waals surface area contributed by atoms with Crippen LogP contribution in [-0.2, 0) is 9.47 Å². The largest absolute Gasteiger partial charge is 0.475 e. The first-order valence-corrected chi connectivity index (χ1v) is 18.0. The van der Waals surface area contributed by atoms with Crippen LogP contribution in [0.3, 0.4) is 0 Å². The van der Waals surface area contributed by atoms with Crippen molar-refractivity contribution in [3.8, 4) is 11.1 Å². The second-order valence-electron chi connectivity index (χ2n) is 15.1. The van der Waals surface area contributed by atoms with Crippen LogP contribution in [0.1, 0.15) is 88.6 Å². The molecule has 0 saturated heterocycles. The third-order valence-electron chi connectivity index (χ3n) is 9.93. The van der Waals surface area contributed by atoms with E-state index in [9.17, 15) is 0 Å². The Balaban J connectivity index is 1.27. The smallest absolute Gasteiger partial charge is 0.216 e. The van der Waals surface area contributed by atoms with Gasteiger partial charge in [0.05, 0.1) is 11.1 Å². The normalized spacial score (nSPS) is 23.5. The van der Waals surface area contributed by atoms with E-state index in [-0.39, 0.29) is 11.1 Å². The number of rotatable bonds is 7. The second-order valence-corrected chi connectivity index (χ2v) is 15.1. The number of hydrogen-bond acceptors (Lipinski definition) is 4. The maximum atomic E-state index is 5.96. The van der Waals surface area contributed by atoms with Crippen LogP contribution in [0.15, 0.2) is 131 Å². The molecule has 1 unspecified atom stereocenters. The average Bonchev–Trinajstić information content (AvgIpc) is 3.71. The Labute approximate surface area is 298 Å². The molecule has 0 radical (unpaired) electrons. The van der Waals surface area contributed by atoms with Crippen molar-refractivity contribution in [2.75, 3.05) is 13.2 Å². The number of nitrogens with zero attached hydrogens (tertiary/aromatic N) is 2. The molecule has 0 spiro atoms. The molecule has 50 heavy (non-hydrogen) atoms. The van der Waals surface area contributed by atoms with Gasteiger partial charge in [-0.1, -0.05) is 110 Å². The van der Waals surface area contributed by atoms with Crippen LogP contribution >= 0.6 is 0 Å². The molecule has 4 heteroatoms. The molecule has 254 valence electrons. The van der Waals surface area contributed by atoms with Crippen LogP contribution in [-0.4, -0.2) is 36.1 Å². The fraction of sp³-hybridized carbons (Fsp3) is 0.304. The van der Waals surface area contributed by atoms with Gasteiger partial charge in [-0.25, -0.2) is 9.98 Å². The van der Waals surface area contributed by atoms with E-state index in [1.807, 2.05) is 0 Å². The van der Waals surface area contributed by atoms with E-state index in [2.05, 4.69) is 157 Å². The van der Waals surface area contributed by atoms with Gasteiger partial charge in [-0.3, -0.25) is 0 Å². The van der Waals surface area contributed by atoms with Crippen LogP contribution in [0.5, 0.6) is 0 Å². The van der Waals surface area contributed by atoms with Gasteiger partial charge in [0.2, 0.25) is 11.8 Å². The Kier molecular flexibility index (Phi) is 9.22. The lowest BCUT2D eigenvalue weighted by atomic mass is 9.83. The van der Waals surface area contributed by atoms with Gasteiger partial charge >= 0.3 is 0 Å². The number of hydrogen-bond donors (Lipinski definition) is 0. The first kappa shape index (κ1) is 33.5. The van der Waals surface area contributed by atoms with Crippen molar-refractivity contribution in [1.82, 2.24) is 0 Å². The van der Waals surface area contributed by atoms with Crippen molar-refractivity contribution < 1.29 is 9.47 Å². The summed E-state index contributed by atoms with van der Waals surface area (Å²) in [6, 6.07) is 37.3. The zero-order chi connectivity index (χ0) is 34.9. The molecule has 2 heterocycles. The van der Waals surface area contributed by atoms with Gasteiger partial charge in [0.1, 0.15) is 13.2 Å². The molecule has 0 saturated carbocycles. The lowest BCUT2D eigenvalue weighted by Gasteiger charge is -2.21. The van der Waals surface area contributed by atoms with Crippen molar-refractivity contribution in [3.63, 3.8) is 0 Å². The van der Waals surface area contributed by atoms with E-state index in [1.54, 1.807) is 0 Å². The maximum absolute atomic E-state index is 5.96. The molecule has 0 fully saturated rings. The lowest BCUT2D eigenvalue weighted by Crippen LogP contribution is -2.17. The molecule has 0 amide bonds. The highest BCUT2D eigenvalue weighted by molar-refractivity contribution is 5.97. The third-order valence-corrected chi connectivity index (χ3v) is 9.93.